The molecule has 10 heteroatoms. The van der Waals surface area contributed by atoms with E-state index in [-0.39, 0.29) is 11.4 Å². The van der Waals surface area contributed by atoms with Crippen LogP contribution < -0.4 is 0 Å². The highest BCUT2D eigenvalue weighted by atomic mass is 35.5. The summed E-state index contributed by atoms with van der Waals surface area (Å²) in [5, 5.41) is 6.85. The molecule has 0 aliphatic heterocycles. The Bertz CT molecular complexity index is 640. The SMILES string of the molecule is FC(F)C(F)(F)OCC(Cc1nc[nH]n1)c1ccc(Cl)cc1Cl. The average Bonchev–Trinajstić information content (AvgIpc) is 2.96. The van der Waals surface area contributed by atoms with E-state index in [0.717, 1.165) is 0 Å². The van der Waals surface area contributed by atoms with E-state index in [1.165, 1.54) is 24.5 Å². The lowest BCUT2D eigenvalue weighted by Crippen LogP contribution is -2.32. The molecular weight excluding hydrogens is 361 g/mol. The molecule has 1 aromatic carbocycles. The smallest absolute Gasteiger partial charge is 0.315 e. The zero-order chi connectivity index (χ0) is 17.0. The van der Waals surface area contributed by atoms with Gasteiger partial charge in [0.05, 0.1) is 6.61 Å². The molecule has 126 valence electrons. The van der Waals surface area contributed by atoms with Crippen molar-refractivity contribution < 1.29 is 22.3 Å². The van der Waals surface area contributed by atoms with Gasteiger partial charge in [-0.15, -0.1) is 0 Å². The van der Waals surface area contributed by atoms with Crippen molar-refractivity contribution in [3.63, 3.8) is 0 Å². The van der Waals surface area contributed by atoms with E-state index in [1.807, 2.05) is 0 Å². The van der Waals surface area contributed by atoms with Crippen LogP contribution in [0.5, 0.6) is 0 Å². The van der Waals surface area contributed by atoms with Gasteiger partial charge < -0.3 is 4.74 Å². The first-order valence-corrected chi connectivity index (χ1v) is 7.14. The van der Waals surface area contributed by atoms with Crippen LogP contribution in [0.4, 0.5) is 17.6 Å². The second kappa shape index (κ2) is 7.46. The lowest BCUT2D eigenvalue weighted by molar-refractivity contribution is -0.301. The molecule has 0 aliphatic carbocycles. The summed E-state index contributed by atoms with van der Waals surface area (Å²) in [6, 6.07) is 4.46. The molecule has 2 rings (SSSR count). The fraction of sp³-hybridized carbons (Fsp3) is 0.385. The second-order valence-corrected chi connectivity index (χ2v) is 5.50. The van der Waals surface area contributed by atoms with Crippen LogP contribution in [0.1, 0.15) is 17.3 Å². The Labute approximate surface area is 138 Å². The standard InChI is InChI=1S/C13H11Cl2F4N3O/c14-8-1-2-9(10(15)4-8)7(3-11-20-6-21-22-11)5-23-13(18,19)12(16)17/h1-2,4,6-7,12H,3,5H2,(H,20,21,22). The number of ether oxygens (including phenoxy) is 1. The van der Waals surface area contributed by atoms with Gasteiger partial charge in [0.2, 0.25) is 0 Å². The second-order valence-electron chi connectivity index (χ2n) is 4.66. The van der Waals surface area contributed by atoms with Crippen LogP contribution in [-0.2, 0) is 11.2 Å². The molecule has 0 radical (unpaired) electrons. The van der Waals surface area contributed by atoms with Gasteiger partial charge in [-0.25, -0.2) is 13.8 Å². The summed E-state index contributed by atoms with van der Waals surface area (Å²) < 4.78 is 54.6. The minimum atomic E-state index is -4.55. The molecule has 0 amide bonds. The van der Waals surface area contributed by atoms with Crippen molar-refractivity contribution in [2.75, 3.05) is 6.61 Å². The van der Waals surface area contributed by atoms with Crippen LogP contribution >= 0.6 is 23.2 Å². The van der Waals surface area contributed by atoms with Crippen molar-refractivity contribution in [2.45, 2.75) is 24.9 Å². The van der Waals surface area contributed by atoms with Gasteiger partial charge >= 0.3 is 12.5 Å². The van der Waals surface area contributed by atoms with Gasteiger partial charge in [0.25, 0.3) is 0 Å². The van der Waals surface area contributed by atoms with Crippen molar-refractivity contribution in [3.05, 3.63) is 46.0 Å². The zero-order valence-electron chi connectivity index (χ0n) is 11.4. The van der Waals surface area contributed by atoms with E-state index >= 15 is 0 Å². The predicted octanol–water partition coefficient (Wildman–Crippen LogP) is 4.31. The van der Waals surface area contributed by atoms with E-state index in [9.17, 15) is 17.6 Å². The maximum Gasteiger partial charge on any atom is 0.416 e. The van der Waals surface area contributed by atoms with E-state index in [0.29, 0.717) is 16.4 Å². The average molecular weight is 372 g/mol. The largest absolute Gasteiger partial charge is 0.416 e. The van der Waals surface area contributed by atoms with Gasteiger partial charge in [-0.1, -0.05) is 29.3 Å². The Kier molecular flexibility index (Phi) is 5.83. The molecule has 0 saturated heterocycles. The molecule has 1 atom stereocenters. The third-order valence-electron chi connectivity index (χ3n) is 3.03. The van der Waals surface area contributed by atoms with Crippen molar-refractivity contribution in [3.8, 4) is 0 Å². The molecule has 0 aliphatic rings. The zero-order valence-corrected chi connectivity index (χ0v) is 13.0. The number of nitrogens with one attached hydrogen (secondary N) is 1. The molecule has 1 N–H and O–H groups in total. The molecule has 23 heavy (non-hydrogen) atoms. The Hall–Kier alpha value is -1.38. The number of halogens is 6. The number of rotatable bonds is 7. The van der Waals surface area contributed by atoms with Gasteiger partial charge in [-0.3, -0.25) is 5.10 Å². The summed E-state index contributed by atoms with van der Waals surface area (Å²) in [6.45, 7) is -0.687. The predicted molar refractivity (Wildman–Crippen MR) is 76.2 cm³/mol. The molecule has 0 saturated carbocycles. The van der Waals surface area contributed by atoms with Crippen LogP contribution in [0.25, 0.3) is 0 Å². The summed E-state index contributed by atoms with van der Waals surface area (Å²) in [5.74, 6) is -0.440. The number of hydrogen-bond acceptors (Lipinski definition) is 3. The van der Waals surface area contributed by atoms with Crippen molar-refractivity contribution in [1.29, 1.82) is 0 Å². The lowest BCUT2D eigenvalue weighted by atomic mass is 9.96. The molecular formula is C13H11Cl2F4N3O. The number of H-pyrrole nitrogens is 1. The highest BCUT2D eigenvalue weighted by Crippen LogP contribution is 2.32. The van der Waals surface area contributed by atoms with Crippen LogP contribution in [0.3, 0.4) is 0 Å². The summed E-state index contributed by atoms with van der Waals surface area (Å²) in [5.41, 5.74) is 0.422. The molecule has 0 spiro atoms. The number of hydrogen-bond donors (Lipinski definition) is 1. The van der Waals surface area contributed by atoms with E-state index in [2.05, 4.69) is 19.9 Å². The third kappa shape index (κ3) is 4.79. The summed E-state index contributed by atoms with van der Waals surface area (Å²) >= 11 is 11.8. The number of aromatic amines is 1. The normalized spacial score (nSPS) is 13.5. The Morgan fingerprint density at radius 1 is 1.26 bits per heavy atom. The monoisotopic (exact) mass is 371 g/mol. The Balaban J connectivity index is 2.21. The molecule has 1 heterocycles. The Morgan fingerprint density at radius 2 is 2.00 bits per heavy atom. The van der Waals surface area contributed by atoms with Gasteiger partial charge in [-0.2, -0.15) is 13.9 Å². The van der Waals surface area contributed by atoms with E-state index < -0.39 is 25.1 Å². The van der Waals surface area contributed by atoms with Crippen molar-refractivity contribution in [1.82, 2.24) is 15.2 Å². The van der Waals surface area contributed by atoms with Gasteiger partial charge in [-0.05, 0) is 17.7 Å². The van der Waals surface area contributed by atoms with Gasteiger partial charge in [0.15, 0.2) is 5.82 Å². The molecule has 1 unspecified atom stereocenters. The number of aromatic nitrogens is 3. The maximum atomic E-state index is 13.0. The van der Waals surface area contributed by atoms with Crippen LogP contribution in [-0.4, -0.2) is 34.3 Å². The summed E-state index contributed by atoms with van der Waals surface area (Å²) in [4.78, 5) is 3.88. The maximum absolute atomic E-state index is 13.0. The van der Waals surface area contributed by atoms with Crippen molar-refractivity contribution >= 4 is 23.2 Å². The topological polar surface area (TPSA) is 50.8 Å². The molecule has 1 aromatic heterocycles. The third-order valence-corrected chi connectivity index (χ3v) is 3.59. The van der Waals surface area contributed by atoms with E-state index in [4.69, 9.17) is 23.2 Å². The first-order valence-electron chi connectivity index (χ1n) is 6.39. The Morgan fingerprint density at radius 3 is 2.57 bits per heavy atom. The highest BCUT2D eigenvalue weighted by Gasteiger charge is 2.43. The van der Waals surface area contributed by atoms with Crippen LogP contribution in [0.15, 0.2) is 24.5 Å². The highest BCUT2D eigenvalue weighted by molar-refractivity contribution is 6.35. The fourth-order valence-corrected chi connectivity index (χ4v) is 2.48. The van der Waals surface area contributed by atoms with Gasteiger partial charge in [0, 0.05) is 22.4 Å². The molecule has 4 nitrogen and oxygen atoms in total. The molecule has 2 aromatic rings. The molecule has 0 bridgehead atoms. The fourth-order valence-electron chi connectivity index (χ4n) is 1.92. The number of nitrogens with zero attached hydrogens (tertiary/aromatic N) is 2. The van der Waals surface area contributed by atoms with Crippen LogP contribution in [0, 0.1) is 0 Å². The van der Waals surface area contributed by atoms with Gasteiger partial charge in [0.1, 0.15) is 6.33 Å². The number of alkyl halides is 4. The van der Waals surface area contributed by atoms with Crippen molar-refractivity contribution in [2.24, 2.45) is 0 Å². The minimum Gasteiger partial charge on any atom is -0.315 e. The summed E-state index contributed by atoms with van der Waals surface area (Å²) in [6.07, 6.45) is -7.09. The van der Waals surface area contributed by atoms with E-state index in [1.54, 1.807) is 0 Å². The first-order chi connectivity index (χ1) is 10.8. The quantitative estimate of drug-likeness (QED) is 0.737. The molecule has 0 fully saturated rings. The first kappa shape index (κ1) is 18.0. The number of benzene rings is 1. The van der Waals surface area contributed by atoms with Crippen LogP contribution in [0.2, 0.25) is 10.0 Å². The lowest BCUT2D eigenvalue weighted by Gasteiger charge is -2.22. The minimum absolute atomic E-state index is 0.0736. The summed E-state index contributed by atoms with van der Waals surface area (Å²) in [7, 11) is 0.